The van der Waals surface area contributed by atoms with Gasteiger partial charge >= 0.3 is 5.97 Å². The summed E-state index contributed by atoms with van der Waals surface area (Å²) in [6.45, 7) is 1.58. The summed E-state index contributed by atoms with van der Waals surface area (Å²) < 4.78 is 5.29. The van der Waals surface area contributed by atoms with Crippen molar-refractivity contribution in [1.29, 1.82) is 0 Å². The molecule has 5 nitrogen and oxygen atoms in total. The van der Waals surface area contributed by atoms with Gasteiger partial charge in [0.2, 0.25) is 5.91 Å². The van der Waals surface area contributed by atoms with Crippen LogP contribution in [0.5, 0.6) is 0 Å². The smallest absolute Gasteiger partial charge is 0.303 e. The number of nitrogens with one attached hydrogen (secondary N) is 1. The lowest BCUT2D eigenvalue weighted by atomic mass is 10.0. The highest BCUT2D eigenvalue weighted by atomic mass is 16.5. The van der Waals surface area contributed by atoms with Gasteiger partial charge < -0.3 is 15.2 Å². The van der Waals surface area contributed by atoms with Gasteiger partial charge in [0.15, 0.2) is 0 Å². The topological polar surface area (TPSA) is 75.6 Å². The van der Waals surface area contributed by atoms with Crippen LogP contribution in [0.15, 0.2) is 24.3 Å². The molecule has 1 heterocycles. The van der Waals surface area contributed by atoms with Crippen molar-refractivity contribution in [3.8, 4) is 0 Å². The summed E-state index contributed by atoms with van der Waals surface area (Å²) in [4.78, 5) is 22.3. The Bertz CT molecular complexity index is 478. The van der Waals surface area contributed by atoms with Gasteiger partial charge in [0, 0.05) is 31.7 Å². The van der Waals surface area contributed by atoms with E-state index < -0.39 is 5.97 Å². The maximum atomic E-state index is 11.8. The molecule has 1 unspecified atom stereocenters. The van der Waals surface area contributed by atoms with Crippen molar-refractivity contribution < 1.29 is 19.4 Å². The molecule has 21 heavy (non-hydrogen) atoms. The van der Waals surface area contributed by atoms with Crippen LogP contribution >= 0.6 is 0 Å². The largest absolute Gasteiger partial charge is 0.481 e. The molecule has 1 atom stereocenters. The van der Waals surface area contributed by atoms with Crippen LogP contribution in [0, 0.1) is 5.92 Å². The molecule has 0 saturated carbocycles. The zero-order chi connectivity index (χ0) is 15.1. The number of rotatable bonds is 7. The first kappa shape index (κ1) is 15.5. The van der Waals surface area contributed by atoms with E-state index in [9.17, 15) is 9.59 Å². The summed E-state index contributed by atoms with van der Waals surface area (Å²) in [5.74, 6) is -0.280. The van der Waals surface area contributed by atoms with Crippen LogP contribution in [0.4, 0.5) is 5.69 Å². The van der Waals surface area contributed by atoms with E-state index in [2.05, 4.69) is 5.32 Å². The first-order valence-corrected chi connectivity index (χ1v) is 7.32. The average Bonchev–Trinajstić information content (AvgIpc) is 2.98. The Hall–Kier alpha value is -1.88. The monoisotopic (exact) mass is 291 g/mol. The second-order valence-corrected chi connectivity index (χ2v) is 5.41. The van der Waals surface area contributed by atoms with E-state index in [1.165, 1.54) is 0 Å². The highest BCUT2D eigenvalue weighted by molar-refractivity contribution is 5.90. The van der Waals surface area contributed by atoms with E-state index in [0.29, 0.717) is 18.8 Å². The molecule has 2 N–H and O–H groups in total. The van der Waals surface area contributed by atoms with E-state index >= 15 is 0 Å². The summed E-state index contributed by atoms with van der Waals surface area (Å²) in [5, 5.41) is 11.5. The summed E-state index contributed by atoms with van der Waals surface area (Å²) in [5.41, 5.74) is 1.71. The fourth-order valence-electron chi connectivity index (χ4n) is 2.38. The Kier molecular flexibility index (Phi) is 5.75. The highest BCUT2D eigenvalue weighted by Crippen LogP contribution is 2.18. The van der Waals surface area contributed by atoms with Gasteiger partial charge in [-0.2, -0.15) is 0 Å². The molecule has 1 aliphatic rings. The summed E-state index contributed by atoms with van der Waals surface area (Å²) in [6.07, 6.45) is 3.04. The van der Waals surface area contributed by atoms with Gasteiger partial charge in [-0.15, -0.1) is 0 Å². The molecule has 0 aromatic heterocycles. The Balaban J connectivity index is 1.73. The maximum absolute atomic E-state index is 11.8. The van der Waals surface area contributed by atoms with E-state index in [-0.39, 0.29) is 12.3 Å². The first-order chi connectivity index (χ1) is 10.1. The van der Waals surface area contributed by atoms with Crippen molar-refractivity contribution in [2.75, 3.05) is 18.5 Å². The summed E-state index contributed by atoms with van der Waals surface area (Å²) >= 11 is 0. The van der Waals surface area contributed by atoms with Crippen LogP contribution in [-0.2, 0) is 20.7 Å². The SMILES string of the molecule is O=C(O)CCc1ccc(NC(=O)CCC2CCOC2)cc1. The number of anilines is 1. The normalized spacial score (nSPS) is 17.6. The third-order valence-electron chi connectivity index (χ3n) is 3.67. The minimum atomic E-state index is -0.803. The molecule has 0 bridgehead atoms. The fourth-order valence-corrected chi connectivity index (χ4v) is 2.38. The van der Waals surface area contributed by atoms with Crippen LogP contribution in [0.2, 0.25) is 0 Å². The Labute approximate surface area is 124 Å². The second-order valence-electron chi connectivity index (χ2n) is 5.41. The zero-order valence-electron chi connectivity index (χ0n) is 12.0. The molecule has 5 heteroatoms. The van der Waals surface area contributed by atoms with Crippen molar-refractivity contribution in [1.82, 2.24) is 0 Å². The van der Waals surface area contributed by atoms with Crippen molar-refractivity contribution in [3.63, 3.8) is 0 Å². The molecule has 2 rings (SSSR count). The number of carbonyl (C=O) groups is 2. The third kappa shape index (κ3) is 5.55. The lowest BCUT2D eigenvalue weighted by Crippen LogP contribution is -2.13. The Morgan fingerprint density at radius 3 is 2.62 bits per heavy atom. The standard InChI is InChI=1S/C16H21NO4/c18-15(7-3-13-9-10-21-11-13)17-14-5-1-12(2-6-14)4-8-16(19)20/h1-2,5-6,13H,3-4,7-11H2,(H,17,18)(H,19,20). The number of aryl methyl sites for hydroxylation is 1. The Morgan fingerprint density at radius 2 is 2.00 bits per heavy atom. The molecule has 1 aromatic rings. The molecular formula is C16H21NO4. The van der Waals surface area contributed by atoms with Crippen molar-refractivity contribution >= 4 is 17.6 Å². The number of aliphatic carboxylic acids is 1. The number of amides is 1. The summed E-state index contributed by atoms with van der Waals surface area (Å²) in [6, 6.07) is 7.33. The van der Waals surface area contributed by atoms with Crippen molar-refractivity contribution in [2.45, 2.75) is 32.1 Å². The highest BCUT2D eigenvalue weighted by Gasteiger charge is 2.16. The quantitative estimate of drug-likeness (QED) is 0.809. The van der Waals surface area contributed by atoms with Crippen LogP contribution in [0.25, 0.3) is 0 Å². The van der Waals surface area contributed by atoms with Crippen LogP contribution < -0.4 is 5.32 Å². The van der Waals surface area contributed by atoms with E-state index in [4.69, 9.17) is 9.84 Å². The van der Waals surface area contributed by atoms with Crippen LogP contribution in [0.3, 0.4) is 0 Å². The number of hydrogen-bond acceptors (Lipinski definition) is 3. The van der Waals surface area contributed by atoms with Gasteiger partial charge in [-0.1, -0.05) is 12.1 Å². The van der Waals surface area contributed by atoms with Gasteiger partial charge in [-0.25, -0.2) is 0 Å². The molecule has 114 valence electrons. The molecule has 1 amide bonds. The predicted molar refractivity (Wildman–Crippen MR) is 79.2 cm³/mol. The molecule has 1 aliphatic heterocycles. The predicted octanol–water partition coefficient (Wildman–Crippen LogP) is 2.46. The van der Waals surface area contributed by atoms with Gasteiger partial charge in [0.1, 0.15) is 0 Å². The molecular weight excluding hydrogens is 270 g/mol. The number of ether oxygens (including phenoxy) is 1. The van der Waals surface area contributed by atoms with Crippen LogP contribution in [-0.4, -0.2) is 30.2 Å². The average molecular weight is 291 g/mol. The van der Waals surface area contributed by atoms with Gasteiger partial charge in [-0.05, 0) is 42.9 Å². The zero-order valence-corrected chi connectivity index (χ0v) is 12.0. The molecule has 0 aliphatic carbocycles. The maximum Gasteiger partial charge on any atom is 0.303 e. The number of benzene rings is 1. The number of carboxylic acid groups (broad SMARTS) is 1. The van der Waals surface area contributed by atoms with E-state index in [0.717, 1.165) is 37.3 Å². The molecule has 0 spiro atoms. The van der Waals surface area contributed by atoms with Crippen molar-refractivity contribution in [2.24, 2.45) is 5.92 Å². The fraction of sp³-hybridized carbons (Fsp3) is 0.500. The lowest BCUT2D eigenvalue weighted by molar-refractivity contribution is -0.137. The van der Waals surface area contributed by atoms with Crippen LogP contribution in [0.1, 0.15) is 31.2 Å². The van der Waals surface area contributed by atoms with Gasteiger partial charge in [0.25, 0.3) is 0 Å². The van der Waals surface area contributed by atoms with Gasteiger partial charge in [-0.3, -0.25) is 9.59 Å². The number of hydrogen-bond donors (Lipinski definition) is 2. The lowest BCUT2D eigenvalue weighted by Gasteiger charge is -2.08. The molecule has 1 fully saturated rings. The first-order valence-electron chi connectivity index (χ1n) is 7.32. The minimum Gasteiger partial charge on any atom is -0.481 e. The number of carboxylic acids is 1. The van der Waals surface area contributed by atoms with E-state index in [1.54, 1.807) is 0 Å². The Morgan fingerprint density at radius 1 is 1.24 bits per heavy atom. The van der Waals surface area contributed by atoms with Gasteiger partial charge in [0.05, 0.1) is 0 Å². The minimum absolute atomic E-state index is 0.0141. The summed E-state index contributed by atoms with van der Waals surface area (Å²) in [7, 11) is 0. The molecule has 0 radical (unpaired) electrons. The molecule has 1 saturated heterocycles. The van der Waals surface area contributed by atoms with Crippen molar-refractivity contribution in [3.05, 3.63) is 29.8 Å². The second kappa shape index (κ2) is 7.78. The van der Waals surface area contributed by atoms with E-state index in [1.807, 2.05) is 24.3 Å². The molecule has 1 aromatic carbocycles. The number of carbonyl (C=O) groups excluding carboxylic acids is 1. The third-order valence-corrected chi connectivity index (χ3v) is 3.67.